The fourth-order valence-electron chi connectivity index (χ4n) is 4.47. The van der Waals surface area contributed by atoms with Crippen LogP contribution in [0.4, 0.5) is 8.78 Å². The summed E-state index contributed by atoms with van der Waals surface area (Å²) in [5.74, 6) is -1.05. The van der Waals surface area contributed by atoms with Gasteiger partial charge in [-0.3, -0.25) is 9.59 Å². The third-order valence-electron chi connectivity index (χ3n) is 5.90. The van der Waals surface area contributed by atoms with Gasteiger partial charge < -0.3 is 9.80 Å². The molecule has 1 amide bonds. The monoisotopic (exact) mass is 394 g/mol. The molecule has 2 heterocycles. The third kappa shape index (κ3) is 3.76. The highest BCUT2D eigenvalue weighted by Gasteiger charge is 2.38. The van der Waals surface area contributed by atoms with Gasteiger partial charge in [0, 0.05) is 36.6 Å². The zero-order chi connectivity index (χ0) is 19.0. The van der Waals surface area contributed by atoms with E-state index in [0.29, 0.717) is 18.5 Å². The van der Waals surface area contributed by atoms with Crippen LogP contribution in [-0.4, -0.2) is 65.2 Å². The maximum absolute atomic E-state index is 13.8. The van der Waals surface area contributed by atoms with Crippen molar-refractivity contribution in [2.75, 3.05) is 37.7 Å². The summed E-state index contributed by atoms with van der Waals surface area (Å²) in [5, 5.41) is 0. The Bertz CT molecular complexity index is 752. The molecule has 0 aromatic heterocycles. The largest absolute Gasteiger partial charge is 0.336 e. The summed E-state index contributed by atoms with van der Waals surface area (Å²) < 4.78 is 27.5. The Kier molecular flexibility index (Phi) is 5.50. The lowest BCUT2D eigenvalue weighted by Crippen LogP contribution is -2.52. The van der Waals surface area contributed by atoms with E-state index in [2.05, 4.69) is 4.90 Å². The molecule has 3 aliphatic rings. The molecule has 7 heteroatoms. The number of nitrogens with zero attached hydrogens (tertiary/aromatic N) is 2. The number of benzene rings is 1. The number of rotatable bonds is 3. The van der Waals surface area contributed by atoms with Gasteiger partial charge in [-0.05, 0) is 50.0 Å². The highest BCUT2D eigenvalue weighted by molar-refractivity contribution is 7.99. The minimum absolute atomic E-state index is 0.0424. The van der Waals surface area contributed by atoms with E-state index in [1.165, 1.54) is 12.8 Å². The van der Waals surface area contributed by atoms with Gasteiger partial charge in [0.1, 0.15) is 0 Å². The van der Waals surface area contributed by atoms with Crippen molar-refractivity contribution in [1.29, 1.82) is 0 Å². The molecular formula is C20H24F2N2O2S. The van der Waals surface area contributed by atoms with Crippen LogP contribution in [-0.2, 0) is 4.79 Å². The quantitative estimate of drug-likeness (QED) is 0.790. The Morgan fingerprint density at radius 1 is 1.15 bits per heavy atom. The van der Waals surface area contributed by atoms with Gasteiger partial charge in [-0.25, -0.2) is 8.78 Å². The Morgan fingerprint density at radius 3 is 2.67 bits per heavy atom. The molecule has 1 aromatic rings. The van der Waals surface area contributed by atoms with Gasteiger partial charge in [0.15, 0.2) is 17.4 Å². The molecule has 0 radical (unpaired) electrons. The van der Waals surface area contributed by atoms with E-state index >= 15 is 0 Å². The predicted molar refractivity (Wildman–Crippen MR) is 101 cm³/mol. The van der Waals surface area contributed by atoms with Crippen LogP contribution in [0.25, 0.3) is 0 Å². The summed E-state index contributed by atoms with van der Waals surface area (Å²) in [7, 11) is 0. The number of halogens is 2. The van der Waals surface area contributed by atoms with Crippen LogP contribution in [0.3, 0.4) is 0 Å². The van der Waals surface area contributed by atoms with E-state index in [-0.39, 0.29) is 29.7 Å². The van der Waals surface area contributed by atoms with E-state index in [4.69, 9.17) is 0 Å². The summed E-state index contributed by atoms with van der Waals surface area (Å²) in [6.07, 6.45) is 2.98. The van der Waals surface area contributed by atoms with Crippen molar-refractivity contribution in [2.24, 2.45) is 0 Å². The van der Waals surface area contributed by atoms with Crippen LogP contribution in [0.15, 0.2) is 12.1 Å². The van der Waals surface area contributed by atoms with Crippen LogP contribution < -0.4 is 0 Å². The lowest BCUT2D eigenvalue weighted by Gasteiger charge is -2.40. The predicted octanol–water partition coefficient (Wildman–Crippen LogP) is 3.06. The fraction of sp³-hybridized carbons (Fsp3) is 0.600. The van der Waals surface area contributed by atoms with Crippen molar-refractivity contribution in [1.82, 2.24) is 9.80 Å². The number of ketones is 1. The number of fused-ring (bicyclic) bond motifs is 1. The second kappa shape index (κ2) is 7.87. The highest BCUT2D eigenvalue weighted by atomic mass is 32.2. The molecule has 2 unspecified atom stereocenters. The van der Waals surface area contributed by atoms with E-state index in [0.717, 1.165) is 43.3 Å². The zero-order valence-electron chi connectivity index (χ0n) is 15.3. The first-order valence-electron chi connectivity index (χ1n) is 9.67. The van der Waals surface area contributed by atoms with Crippen LogP contribution in [0.2, 0.25) is 0 Å². The molecule has 0 saturated carbocycles. The molecule has 4 nitrogen and oxygen atoms in total. The minimum Gasteiger partial charge on any atom is -0.336 e. The standard InChI is InChI=1S/C20H24F2N2O2S/c21-17-9-15-14(3-4-19(25)16(15)10-18(17)22)20(26)24-7-8-27-12-13(24)11-23-5-1-2-6-23/h9-10,13-14H,1-8,11-12H2. The van der Waals surface area contributed by atoms with E-state index in [1.54, 1.807) is 0 Å². The van der Waals surface area contributed by atoms with Gasteiger partial charge in [-0.2, -0.15) is 11.8 Å². The van der Waals surface area contributed by atoms with Gasteiger partial charge in [-0.15, -0.1) is 0 Å². The van der Waals surface area contributed by atoms with Crippen molar-refractivity contribution in [2.45, 2.75) is 37.6 Å². The Balaban J connectivity index is 1.58. The number of hydrogen-bond donors (Lipinski definition) is 0. The smallest absolute Gasteiger partial charge is 0.230 e. The fourth-order valence-corrected chi connectivity index (χ4v) is 5.52. The molecule has 2 fully saturated rings. The molecule has 0 N–H and O–H groups in total. The van der Waals surface area contributed by atoms with Crippen LogP contribution in [0.5, 0.6) is 0 Å². The van der Waals surface area contributed by atoms with Crippen molar-refractivity contribution < 1.29 is 18.4 Å². The molecule has 2 saturated heterocycles. The number of likely N-dealkylation sites (tertiary alicyclic amines) is 1. The minimum atomic E-state index is -1.03. The van der Waals surface area contributed by atoms with Gasteiger partial charge in [0.2, 0.25) is 5.91 Å². The van der Waals surface area contributed by atoms with Crippen molar-refractivity contribution >= 4 is 23.5 Å². The molecule has 2 aliphatic heterocycles. The summed E-state index contributed by atoms with van der Waals surface area (Å²) >= 11 is 1.86. The molecule has 1 aromatic carbocycles. The van der Waals surface area contributed by atoms with E-state index in [1.807, 2.05) is 16.7 Å². The first-order valence-corrected chi connectivity index (χ1v) is 10.8. The first kappa shape index (κ1) is 18.9. The van der Waals surface area contributed by atoms with Gasteiger partial charge in [0.05, 0.1) is 12.0 Å². The molecule has 146 valence electrons. The highest BCUT2D eigenvalue weighted by Crippen LogP contribution is 2.35. The second-order valence-corrected chi connectivity index (χ2v) is 8.79. The van der Waals surface area contributed by atoms with E-state index in [9.17, 15) is 18.4 Å². The number of hydrogen-bond acceptors (Lipinski definition) is 4. The first-order chi connectivity index (χ1) is 13.0. The summed E-state index contributed by atoms with van der Waals surface area (Å²) in [6.45, 7) is 3.70. The maximum Gasteiger partial charge on any atom is 0.230 e. The Labute approximate surface area is 162 Å². The maximum atomic E-state index is 13.8. The molecule has 0 spiro atoms. The Hall–Kier alpha value is -1.47. The summed E-state index contributed by atoms with van der Waals surface area (Å²) in [5.41, 5.74) is 0.522. The molecule has 1 aliphatic carbocycles. The molecule has 4 rings (SSSR count). The summed E-state index contributed by atoms with van der Waals surface area (Å²) in [4.78, 5) is 29.9. The Morgan fingerprint density at radius 2 is 1.89 bits per heavy atom. The normalized spacial score (nSPS) is 26.3. The average Bonchev–Trinajstić information content (AvgIpc) is 3.17. The van der Waals surface area contributed by atoms with Gasteiger partial charge >= 0.3 is 0 Å². The van der Waals surface area contributed by atoms with Crippen LogP contribution in [0, 0.1) is 11.6 Å². The number of carbonyl (C=O) groups is 2. The van der Waals surface area contributed by atoms with Crippen molar-refractivity contribution in [3.63, 3.8) is 0 Å². The number of carbonyl (C=O) groups excluding carboxylic acids is 2. The van der Waals surface area contributed by atoms with Crippen LogP contribution >= 0.6 is 11.8 Å². The van der Waals surface area contributed by atoms with Crippen molar-refractivity contribution in [3.05, 3.63) is 34.9 Å². The lowest BCUT2D eigenvalue weighted by atomic mass is 9.81. The van der Waals surface area contributed by atoms with E-state index < -0.39 is 17.6 Å². The summed E-state index contributed by atoms with van der Waals surface area (Å²) in [6, 6.07) is 2.15. The number of Topliss-reactive ketones (excluding diaryl/α,β-unsaturated/α-hetero) is 1. The van der Waals surface area contributed by atoms with Gasteiger partial charge in [-0.1, -0.05) is 0 Å². The molecular weight excluding hydrogens is 370 g/mol. The molecule has 0 bridgehead atoms. The number of thioether (sulfide) groups is 1. The van der Waals surface area contributed by atoms with Crippen molar-refractivity contribution in [3.8, 4) is 0 Å². The molecule has 27 heavy (non-hydrogen) atoms. The number of amides is 1. The molecule has 2 atom stereocenters. The average molecular weight is 394 g/mol. The lowest BCUT2D eigenvalue weighted by molar-refractivity contribution is -0.135. The van der Waals surface area contributed by atoms with Crippen LogP contribution in [0.1, 0.15) is 47.5 Å². The zero-order valence-corrected chi connectivity index (χ0v) is 16.1. The SMILES string of the molecule is O=C1CCC(C(=O)N2CCSCC2CN2CCCC2)c2cc(F)c(F)cc21. The topological polar surface area (TPSA) is 40.6 Å². The van der Waals surface area contributed by atoms with Gasteiger partial charge in [0.25, 0.3) is 0 Å². The third-order valence-corrected chi connectivity index (χ3v) is 7.00. The second-order valence-electron chi connectivity index (χ2n) is 7.64.